The minimum atomic E-state index is -0.242. The number of nitrogens with zero attached hydrogens (tertiary/aromatic N) is 1. The summed E-state index contributed by atoms with van der Waals surface area (Å²) in [5.74, 6) is 0.446. The highest BCUT2D eigenvalue weighted by Gasteiger charge is 2.26. The molecule has 92 valence electrons. The number of H-pyrrole nitrogens is 1. The van der Waals surface area contributed by atoms with Crippen LogP contribution in [0.15, 0.2) is 23.1 Å². The van der Waals surface area contributed by atoms with Crippen molar-refractivity contribution in [3.63, 3.8) is 0 Å². The lowest BCUT2D eigenvalue weighted by Gasteiger charge is -2.16. The number of carbonyl (C=O) groups excluding carboxylic acids is 1. The number of amides is 1. The van der Waals surface area contributed by atoms with Gasteiger partial charge in [-0.1, -0.05) is 0 Å². The van der Waals surface area contributed by atoms with Gasteiger partial charge in [0.25, 0.3) is 5.91 Å². The van der Waals surface area contributed by atoms with Crippen molar-refractivity contribution in [2.75, 3.05) is 19.6 Å². The first-order chi connectivity index (χ1) is 8.20. The van der Waals surface area contributed by atoms with E-state index in [4.69, 9.17) is 5.73 Å². The third kappa shape index (κ3) is 2.74. The van der Waals surface area contributed by atoms with Crippen LogP contribution in [0, 0.1) is 5.92 Å². The Morgan fingerprint density at radius 3 is 3.12 bits per heavy atom. The van der Waals surface area contributed by atoms with Crippen LogP contribution in [0.3, 0.4) is 0 Å². The molecule has 5 nitrogen and oxygen atoms in total. The van der Waals surface area contributed by atoms with Gasteiger partial charge in [0, 0.05) is 30.9 Å². The van der Waals surface area contributed by atoms with E-state index in [9.17, 15) is 9.59 Å². The van der Waals surface area contributed by atoms with E-state index in [0.29, 0.717) is 18.0 Å². The zero-order chi connectivity index (χ0) is 12.3. The zero-order valence-corrected chi connectivity index (χ0v) is 9.69. The highest BCUT2D eigenvalue weighted by Crippen LogP contribution is 2.20. The number of pyridine rings is 1. The van der Waals surface area contributed by atoms with Crippen molar-refractivity contribution in [2.24, 2.45) is 11.7 Å². The van der Waals surface area contributed by atoms with Crippen molar-refractivity contribution in [1.82, 2.24) is 9.88 Å². The second-order valence-corrected chi connectivity index (χ2v) is 4.42. The van der Waals surface area contributed by atoms with Crippen molar-refractivity contribution in [2.45, 2.75) is 12.8 Å². The largest absolute Gasteiger partial charge is 0.338 e. The summed E-state index contributed by atoms with van der Waals surface area (Å²) in [6, 6.07) is 2.98. The van der Waals surface area contributed by atoms with Crippen LogP contribution in [-0.4, -0.2) is 35.4 Å². The fraction of sp³-hybridized carbons (Fsp3) is 0.500. The maximum atomic E-state index is 12.1. The van der Waals surface area contributed by atoms with Gasteiger partial charge < -0.3 is 15.6 Å². The molecule has 0 aliphatic carbocycles. The Labute approximate surface area is 99.6 Å². The predicted molar refractivity (Wildman–Crippen MR) is 64.7 cm³/mol. The Morgan fingerprint density at radius 2 is 2.41 bits per heavy atom. The molecule has 1 unspecified atom stereocenters. The molecule has 1 saturated heterocycles. The minimum absolute atomic E-state index is 0.0596. The second-order valence-electron chi connectivity index (χ2n) is 4.42. The van der Waals surface area contributed by atoms with Crippen LogP contribution >= 0.6 is 0 Å². The topological polar surface area (TPSA) is 79.2 Å². The SMILES string of the molecule is NCCC1CCN(C(=O)c2cc[nH]c(=O)c2)C1. The molecule has 1 amide bonds. The molecule has 0 aromatic carbocycles. The van der Waals surface area contributed by atoms with Gasteiger partial charge in [-0.15, -0.1) is 0 Å². The zero-order valence-electron chi connectivity index (χ0n) is 9.69. The Bertz CT molecular complexity index is 455. The monoisotopic (exact) mass is 235 g/mol. The van der Waals surface area contributed by atoms with E-state index in [1.165, 1.54) is 12.3 Å². The molecule has 0 saturated carbocycles. The van der Waals surface area contributed by atoms with E-state index < -0.39 is 0 Å². The van der Waals surface area contributed by atoms with Crippen LogP contribution in [0.1, 0.15) is 23.2 Å². The summed E-state index contributed by atoms with van der Waals surface area (Å²) in [4.78, 5) is 27.5. The highest BCUT2D eigenvalue weighted by molar-refractivity contribution is 5.94. The van der Waals surface area contributed by atoms with E-state index in [1.54, 1.807) is 11.0 Å². The number of hydrogen-bond acceptors (Lipinski definition) is 3. The summed E-state index contributed by atoms with van der Waals surface area (Å²) in [5.41, 5.74) is 5.73. The molecule has 0 bridgehead atoms. The molecule has 0 radical (unpaired) electrons. The number of aromatic nitrogens is 1. The summed E-state index contributed by atoms with van der Waals surface area (Å²) >= 11 is 0. The number of rotatable bonds is 3. The maximum Gasteiger partial charge on any atom is 0.254 e. The average molecular weight is 235 g/mol. The quantitative estimate of drug-likeness (QED) is 0.784. The van der Waals surface area contributed by atoms with Gasteiger partial charge in [-0.3, -0.25) is 9.59 Å². The van der Waals surface area contributed by atoms with Crippen molar-refractivity contribution in [3.8, 4) is 0 Å². The van der Waals surface area contributed by atoms with E-state index in [-0.39, 0.29) is 11.5 Å². The van der Waals surface area contributed by atoms with Gasteiger partial charge in [0.05, 0.1) is 0 Å². The molecule has 1 aliphatic rings. The molecule has 1 atom stereocenters. The summed E-state index contributed by atoms with van der Waals surface area (Å²) in [6.07, 6.45) is 3.47. The molecule has 17 heavy (non-hydrogen) atoms. The molecule has 1 aliphatic heterocycles. The second kappa shape index (κ2) is 5.14. The summed E-state index contributed by atoms with van der Waals surface area (Å²) in [5, 5.41) is 0. The van der Waals surface area contributed by atoms with Gasteiger partial charge in [0.1, 0.15) is 0 Å². The molecule has 2 heterocycles. The Balaban J connectivity index is 2.04. The summed E-state index contributed by atoms with van der Waals surface area (Å²) in [7, 11) is 0. The summed E-state index contributed by atoms with van der Waals surface area (Å²) < 4.78 is 0. The van der Waals surface area contributed by atoms with Crippen molar-refractivity contribution in [1.29, 1.82) is 0 Å². The number of likely N-dealkylation sites (tertiary alicyclic amines) is 1. The molecule has 5 heteroatoms. The van der Waals surface area contributed by atoms with Crippen molar-refractivity contribution >= 4 is 5.91 Å². The number of nitrogens with two attached hydrogens (primary N) is 1. The first-order valence-electron chi connectivity index (χ1n) is 5.89. The third-order valence-electron chi connectivity index (χ3n) is 3.17. The number of hydrogen-bond donors (Lipinski definition) is 2. The highest BCUT2D eigenvalue weighted by atomic mass is 16.2. The van der Waals surface area contributed by atoms with Crippen LogP contribution in [0.5, 0.6) is 0 Å². The van der Waals surface area contributed by atoms with Crippen LogP contribution in [0.25, 0.3) is 0 Å². The van der Waals surface area contributed by atoms with E-state index in [1.807, 2.05) is 0 Å². The normalized spacial score (nSPS) is 19.6. The van der Waals surface area contributed by atoms with Gasteiger partial charge in [-0.05, 0) is 31.4 Å². The molecular formula is C12H17N3O2. The molecule has 1 aromatic rings. The molecular weight excluding hydrogens is 218 g/mol. The predicted octanol–water partition coefficient (Wildman–Crippen LogP) is 0.186. The molecule has 2 rings (SSSR count). The Hall–Kier alpha value is -1.62. The van der Waals surface area contributed by atoms with E-state index in [0.717, 1.165) is 25.9 Å². The van der Waals surface area contributed by atoms with Crippen LogP contribution in [0.2, 0.25) is 0 Å². The molecule has 1 aromatic heterocycles. The van der Waals surface area contributed by atoms with Crippen LogP contribution in [-0.2, 0) is 0 Å². The fourth-order valence-corrected chi connectivity index (χ4v) is 2.25. The van der Waals surface area contributed by atoms with Crippen molar-refractivity contribution in [3.05, 3.63) is 34.2 Å². The Kier molecular flexibility index (Phi) is 3.58. The van der Waals surface area contributed by atoms with Crippen LogP contribution < -0.4 is 11.3 Å². The van der Waals surface area contributed by atoms with Crippen molar-refractivity contribution < 1.29 is 4.79 Å². The smallest absolute Gasteiger partial charge is 0.254 e. The lowest BCUT2D eigenvalue weighted by Crippen LogP contribution is -2.29. The lowest BCUT2D eigenvalue weighted by molar-refractivity contribution is 0.0786. The lowest BCUT2D eigenvalue weighted by atomic mass is 10.1. The molecule has 0 spiro atoms. The Morgan fingerprint density at radius 1 is 1.59 bits per heavy atom. The standard InChI is InChI=1S/C12H17N3O2/c13-4-1-9-3-6-15(8-9)12(17)10-2-5-14-11(16)7-10/h2,5,7,9H,1,3-4,6,8,13H2,(H,14,16). The number of carbonyl (C=O) groups is 1. The first kappa shape index (κ1) is 11.9. The summed E-state index contributed by atoms with van der Waals surface area (Å²) in [6.45, 7) is 2.18. The number of nitrogens with one attached hydrogen (secondary N) is 1. The van der Waals surface area contributed by atoms with Gasteiger partial charge in [0.15, 0.2) is 0 Å². The molecule has 3 N–H and O–H groups in total. The van der Waals surface area contributed by atoms with E-state index in [2.05, 4.69) is 4.98 Å². The van der Waals surface area contributed by atoms with Gasteiger partial charge in [0.2, 0.25) is 5.56 Å². The van der Waals surface area contributed by atoms with Crippen LogP contribution in [0.4, 0.5) is 0 Å². The maximum absolute atomic E-state index is 12.1. The average Bonchev–Trinajstić information content (AvgIpc) is 2.77. The fourth-order valence-electron chi connectivity index (χ4n) is 2.25. The van der Waals surface area contributed by atoms with E-state index >= 15 is 0 Å². The first-order valence-corrected chi connectivity index (χ1v) is 5.89. The van der Waals surface area contributed by atoms with Gasteiger partial charge in [-0.25, -0.2) is 0 Å². The minimum Gasteiger partial charge on any atom is -0.338 e. The van der Waals surface area contributed by atoms with Gasteiger partial charge >= 0.3 is 0 Å². The third-order valence-corrected chi connectivity index (χ3v) is 3.17. The number of aromatic amines is 1. The molecule has 1 fully saturated rings. The van der Waals surface area contributed by atoms with Gasteiger partial charge in [-0.2, -0.15) is 0 Å².